The second kappa shape index (κ2) is 12.5. The van der Waals surface area contributed by atoms with Crippen LogP contribution in [0.25, 0.3) is 11.1 Å². The van der Waals surface area contributed by atoms with Gasteiger partial charge in [0.1, 0.15) is 5.75 Å². The maximum absolute atomic E-state index is 12.2. The number of alkyl carbamates (subject to hydrolysis) is 1. The average Bonchev–Trinajstić information content (AvgIpc) is 2.73. The van der Waals surface area contributed by atoms with Crippen LogP contribution in [0.2, 0.25) is 0 Å². The van der Waals surface area contributed by atoms with Crippen molar-refractivity contribution in [3.63, 3.8) is 0 Å². The number of hydrogen-bond donors (Lipinski definition) is 2. The largest absolute Gasteiger partial charge is 0.450 e. The Balaban J connectivity index is 2.09. The predicted octanol–water partition coefficient (Wildman–Crippen LogP) is 5.51. The molecule has 2 amide bonds. The zero-order chi connectivity index (χ0) is 21.8. The number of carbonyl (C=O) groups excluding carboxylic acids is 2. The minimum atomic E-state index is -0.474. The first-order valence-corrected chi connectivity index (χ1v) is 10.5. The summed E-state index contributed by atoms with van der Waals surface area (Å²) in [6.07, 6.45) is 1.79. The molecule has 0 radical (unpaired) electrons. The molecule has 0 aliphatic carbocycles. The van der Waals surface area contributed by atoms with E-state index in [9.17, 15) is 9.59 Å². The Hall–Kier alpha value is -3.02. The van der Waals surface area contributed by atoms with E-state index in [2.05, 4.69) is 24.5 Å². The van der Waals surface area contributed by atoms with Gasteiger partial charge in [0.15, 0.2) is 0 Å². The number of nitrogens with one attached hydrogen (secondary N) is 2. The summed E-state index contributed by atoms with van der Waals surface area (Å²) >= 11 is 0. The highest BCUT2D eigenvalue weighted by Crippen LogP contribution is 2.32. The molecule has 0 unspecified atom stereocenters. The van der Waals surface area contributed by atoms with Crippen molar-refractivity contribution in [1.29, 1.82) is 0 Å². The molecule has 0 aromatic heterocycles. The van der Waals surface area contributed by atoms with Crippen molar-refractivity contribution >= 4 is 12.2 Å². The zero-order valence-corrected chi connectivity index (χ0v) is 18.1. The van der Waals surface area contributed by atoms with Crippen molar-refractivity contribution in [2.75, 3.05) is 13.2 Å². The van der Waals surface area contributed by atoms with Gasteiger partial charge in [-0.05, 0) is 36.0 Å². The van der Waals surface area contributed by atoms with E-state index in [0.29, 0.717) is 31.4 Å². The van der Waals surface area contributed by atoms with Crippen molar-refractivity contribution < 1.29 is 19.1 Å². The number of para-hydroxylation sites is 1. The van der Waals surface area contributed by atoms with Crippen molar-refractivity contribution in [1.82, 2.24) is 10.6 Å². The molecule has 0 aliphatic heterocycles. The monoisotopic (exact) mass is 412 g/mol. The lowest BCUT2D eigenvalue weighted by molar-refractivity contribution is 0.144. The molecular weight excluding hydrogens is 380 g/mol. The van der Waals surface area contributed by atoms with E-state index in [-0.39, 0.29) is 0 Å². The van der Waals surface area contributed by atoms with Gasteiger partial charge in [-0.1, -0.05) is 69.7 Å². The molecule has 0 bridgehead atoms. The summed E-state index contributed by atoms with van der Waals surface area (Å²) in [7, 11) is 0. The summed E-state index contributed by atoms with van der Waals surface area (Å²) in [6, 6.07) is 15.1. The highest BCUT2D eigenvalue weighted by Gasteiger charge is 2.14. The number of unbranched alkanes of at least 4 members (excludes halogenated alkanes) is 1. The summed E-state index contributed by atoms with van der Waals surface area (Å²) in [6.45, 7) is 7.54. The van der Waals surface area contributed by atoms with Crippen LogP contribution in [-0.2, 0) is 11.3 Å². The average molecular weight is 413 g/mol. The van der Waals surface area contributed by atoms with Crippen molar-refractivity contribution in [3.8, 4) is 16.9 Å². The standard InChI is InChI=1S/C24H32N2O4/c1-4-5-16-29-23(27)26-17-19-10-6-7-11-20(19)21-12-8-9-13-22(21)30-24(28)25-15-14-18(2)3/h6-13,18H,4-5,14-17H2,1-3H3,(H,25,28)(H,26,27). The van der Waals surface area contributed by atoms with Gasteiger partial charge in [-0.15, -0.1) is 0 Å². The Morgan fingerprint density at radius 2 is 1.63 bits per heavy atom. The Labute approximate surface area is 179 Å². The van der Waals surface area contributed by atoms with E-state index in [1.807, 2.05) is 49.4 Å². The van der Waals surface area contributed by atoms with Gasteiger partial charge in [-0.25, -0.2) is 9.59 Å². The minimum absolute atomic E-state index is 0.316. The van der Waals surface area contributed by atoms with Gasteiger partial charge in [0, 0.05) is 18.7 Å². The Morgan fingerprint density at radius 3 is 2.37 bits per heavy atom. The van der Waals surface area contributed by atoms with Crippen LogP contribution in [0.15, 0.2) is 48.5 Å². The number of hydrogen-bond acceptors (Lipinski definition) is 4. The second-order valence-electron chi connectivity index (χ2n) is 7.50. The molecule has 0 atom stereocenters. The van der Waals surface area contributed by atoms with E-state index in [1.54, 1.807) is 6.07 Å². The number of amides is 2. The summed E-state index contributed by atoms with van der Waals surface area (Å²) in [4.78, 5) is 24.1. The lowest BCUT2D eigenvalue weighted by atomic mass is 9.99. The minimum Gasteiger partial charge on any atom is -0.450 e. The summed E-state index contributed by atoms with van der Waals surface area (Å²) in [5.74, 6) is 0.975. The van der Waals surface area contributed by atoms with Gasteiger partial charge in [-0.3, -0.25) is 0 Å². The first-order valence-electron chi connectivity index (χ1n) is 10.5. The topological polar surface area (TPSA) is 76.7 Å². The molecule has 162 valence electrons. The Bertz CT molecular complexity index is 820. The van der Waals surface area contributed by atoms with Gasteiger partial charge in [-0.2, -0.15) is 0 Å². The van der Waals surface area contributed by atoms with Crippen LogP contribution in [-0.4, -0.2) is 25.3 Å². The molecule has 6 heteroatoms. The summed E-state index contributed by atoms with van der Waals surface area (Å²) < 4.78 is 10.7. The van der Waals surface area contributed by atoms with E-state index in [1.165, 1.54) is 0 Å². The van der Waals surface area contributed by atoms with Crippen molar-refractivity contribution in [3.05, 3.63) is 54.1 Å². The number of ether oxygens (including phenoxy) is 2. The zero-order valence-electron chi connectivity index (χ0n) is 18.1. The molecule has 0 saturated carbocycles. The molecule has 6 nitrogen and oxygen atoms in total. The fourth-order valence-electron chi connectivity index (χ4n) is 2.84. The molecule has 30 heavy (non-hydrogen) atoms. The third kappa shape index (κ3) is 7.78. The Kier molecular flexibility index (Phi) is 9.71. The molecule has 0 heterocycles. The quantitative estimate of drug-likeness (QED) is 0.504. The molecular formula is C24H32N2O4. The van der Waals surface area contributed by atoms with E-state index >= 15 is 0 Å². The molecule has 0 saturated heterocycles. The number of benzene rings is 2. The van der Waals surface area contributed by atoms with Crippen LogP contribution >= 0.6 is 0 Å². The number of carbonyl (C=O) groups is 2. The molecule has 0 aliphatic rings. The van der Waals surface area contributed by atoms with Crippen molar-refractivity contribution in [2.24, 2.45) is 5.92 Å². The van der Waals surface area contributed by atoms with E-state index in [0.717, 1.165) is 36.0 Å². The van der Waals surface area contributed by atoms with Gasteiger partial charge < -0.3 is 20.1 Å². The highest BCUT2D eigenvalue weighted by atomic mass is 16.6. The van der Waals surface area contributed by atoms with E-state index < -0.39 is 12.2 Å². The van der Waals surface area contributed by atoms with E-state index in [4.69, 9.17) is 9.47 Å². The molecule has 0 fully saturated rings. The summed E-state index contributed by atoms with van der Waals surface area (Å²) in [5, 5.41) is 5.57. The van der Waals surface area contributed by atoms with Crippen LogP contribution in [0.3, 0.4) is 0 Å². The maximum Gasteiger partial charge on any atom is 0.412 e. The molecule has 2 N–H and O–H groups in total. The highest BCUT2D eigenvalue weighted by molar-refractivity contribution is 5.78. The van der Waals surface area contributed by atoms with Crippen LogP contribution in [0, 0.1) is 5.92 Å². The SMILES string of the molecule is CCCCOC(=O)NCc1ccccc1-c1ccccc1OC(=O)NCCC(C)C. The first kappa shape index (κ1) is 23.3. The molecule has 2 aromatic rings. The molecule has 2 rings (SSSR count). The maximum atomic E-state index is 12.2. The lowest BCUT2D eigenvalue weighted by Gasteiger charge is -2.15. The van der Waals surface area contributed by atoms with Crippen LogP contribution < -0.4 is 15.4 Å². The second-order valence-corrected chi connectivity index (χ2v) is 7.50. The van der Waals surface area contributed by atoms with Crippen LogP contribution in [0.5, 0.6) is 5.75 Å². The van der Waals surface area contributed by atoms with Gasteiger partial charge in [0.2, 0.25) is 0 Å². The fourth-order valence-corrected chi connectivity index (χ4v) is 2.84. The van der Waals surface area contributed by atoms with Crippen molar-refractivity contribution in [2.45, 2.75) is 46.6 Å². The predicted molar refractivity (Wildman–Crippen MR) is 118 cm³/mol. The van der Waals surface area contributed by atoms with Gasteiger partial charge in [0.25, 0.3) is 0 Å². The Morgan fingerprint density at radius 1 is 0.933 bits per heavy atom. The third-order valence-corrected chi connectivity index (χ3v) is 4.54. The fraction of sp³-hybridized carbons (Fsp3) is 0.417. The van der Waals surface area contributed by atoms with Crippen LogP contribution in [0.4, 0.5) is 9.59 Å². The van der Waals surface area contributed by atoms with Crippen LogP contribution in [0.1, 0.15) is 45.6 Å². The molecule has 2 aromatic carbocycles. The van der Waals surface area contributed by atoms with Gasteiger partial charge >= 0.3 is 12.2 Å². The first-order chi connectivity index (χ1) is 14.5. The molecule has 0 spiro atoms. The lowest BCUT2D eigenvalue weighted by Crippen LogP contribution is -2.28. The summed E-state index contributed by atoms with van der Waals surface area (Å²) in [5.41, 5.74) is 2.58. The smallest absolute Gasteiger partial charge is 0.412 e. The number of rotatable bonds is 10. The third-order valence-electron chi connectivity index (χ3n) is 4.54. The van der Waals surface area contributed by atoms with Gasteiger partial charge in [0.05, 0.1) is 6.61 Å². The normalized spacial score (nSPS) is 10.5.